The SMILES string of the molecule is [C-]#[N+]c1ccc2c3ccccc3n(-c3ccc(C#N)c(-c4cccc(-n5c6ccccc6c6c(-n7c8ccccc8c8ccccc87)cccc65)c4)c3)c2c1. The molecule has 0 fully saturated rings. The van der Waals surface area contributed by atoms with Gasteiger partial charge in [-0.05, 0) is 78.4 Å². The van der Waals surface area contributed by atoms with E-state index in [1.165, 1.54) is 32.6 Å². The summed E-state index contributed by atoms with van der Waals surface area (Å²) in [7, 11) is 0. The van der Waals surface area contributed by atoms with Crippen LogP contribution in [-0.4, -0.2) is 13.7 Å². The lowest BCUT2D eigenvalue weighted by molar-refractivity contribution is 1.17. The molecule has 55 heavy (non-hydrogen) atoms. The molecule has 5 nitrogen and oxygen atoms in total. The molecular formula is C50H29N5. The number of fused-ring (bicyclic) bond motifs is 9. The number of nitriles is 1. The first-order valence-electron chi connectivity index (χ1n) is 18.3. The molecule has 0 unspecified atom stereocenters. The number of benzene rings is 8. The van der Waals surface area contributed by atoms with E-state index in [1.54, 1.807) is 0 Å². The van der Waals surface area contributed by atoms with Gasteiger partial charge in [-0.1, -0.05) is 103 Å². The smallest absolute Gasteiger partial charge is 0.189 e. The fourth-order valence-corrected chi connectivity index (χ4v) is 8.77. The third-order valence-corrected chi connectivity index (χ3v) is 11.1. The first-order valence-corrected chi connectivity index (χ1v) is 18.3. The van der Waals surface area contributed by atoms with Gasteiger partial charge in [0.25, 0.3) is 0 Å². The van der Waals surface area contributed by atoms with Crippen molar-refractivity contribution >= 4 is 71.1 Å². The van der Waals surface area contributed by atoms with Gasteiger partial charge in [-0.25, -0.2) is 4.85 Å². The van der Waals surface area contributed by atoms with Crippen LogP contribution in [0.4, 0.5) is 5.69 Å². The Balaban J connectivity index is 1.13. The van der Waals surface area contributed by atoms with Crippen molar-refractivity contribution in [3.63, 3.8) is 0 Å². The molecule has 0 radical (unpaired) electrons. The van der Waals surface area contributed by atoms with E-state index in [0.717, 1.165) is 61.0 Å². The molecule has 0 aliphatic rings. The zero-order chi connectivity index (χ0) is 36.6. The molecule has 0 spiro atoms. The Kier molecular flexibility index (Phi) is 6.61. The van der Waals surface area contributed by atoms with Crippen LogP contribution < -0.4 is 0 Å². The zero-order valence-corrected chi connectivity index (χ0v) is 29.5. The number of hydrogen-bond donors (Lipinski definition) is 0. The number of nitrogens with zero attached hydrogens (tertiary/aromatic N) is 5. The summed E-state index contributed by atoms with van der Waals surface area (Å²) in [5.74, 6) is 0. The lowest BCUT2D eigenvalue weighted by atomic mass is 9.99. The first-order chi connectivity index (χ1) is 27.2. The van der Waals surface area contributed by atoms with Gasteiger partial charge < -0.3 is 13.7 Å². The Bertz CT molecular complexity index is 3420. The molecule has 254 valence electrons. The second-order valence-electron chi connectivity index (χ2n) is 14.0. The fraction of sp³-hybridized carbons (Fsp3) is 0. The molecule has 11 aromatic rings. The highest BCUT2D eigenvalue weighted by Gasteiger charge is 2.20. The van der Waals surface area contributed by atoms with Crippen LogP contribution in [0, 0.1) is 17.9 Å². The summed E-state index contributed by atoms with van der Waals surface area (Å²) in [6.07, 6.45) is 0. The largest absolute Gasteiger partial charge is 0.310 e. The van der Waals surface area contributed by atoms with E-state index in [1.807, 2.05) is 42.5 Å². The molecule has 0 saturated carbocycles. The predicted octanol–water partition coefficient (Wildman–Crippen LogP) is 13.1. The molecule has 0 aliphatic heterocycles. The second kappa shape index (κ2) is 11.8. The van der Waals surface area contributed by atoms with Crippen molar-refractivity contribution in [3.05, 3.63) is 193 Å². The van der Waals surface area contributed by atoms with Crippen LogP contribution in [0.1, 0.15) is 5.56 Å². The van der Waals surface area contributed by atoms with Crippen molar-refractivity contribution in [1.82, 2.24) is 13.7 Å². The molecule has 0 amide bonds. The maximum absolute atomic E-state index is 10.4. The van der Waals surface area contributed by atoms with E-state index >= 15 is 0 Å². The third-order valence-electron chi connectivity index (χ3n) is 11.1. The van der Waals surface area contributed by atoms with Crippen LogP contribution in [0.15, 0.2) is 176 Å². The van der Waals surface area contributed by atoms with Crippen LogP contribution in [-0.2, 0) is 0 Å². The van der Waals surface area contributed by atoms with Crippen molar-refractivity contribution in [3.8, 4) is 34.3 Å². The second-order valence-corrected chi connectivity index (χ2v) is 14.0. The predicted molar refractivity (Wildman–Crippen MR) is 226 cm³/mol. The minimum absolute atomic E-state index is 0.589. The maximum Gasteiger partial charge on any atom is 0.189 e. The van der Waals surface area contributed by atoms with Crippen LogP contribution in [0.5, 0.6) is 0 Å². The molecule has 0 saturated heterocycles. The first kappa shape index (κ1) is 30.7. The van der Waals surface area contributed by atoms with E-state index in [4.69, 9.17) is 6.57 Å². The summed E-state index contributed by atoms with van der Waals surface area (Å²) in [6, 6.07) is 63.7. The summed E-state index contributed by atoms with van der Waals surface area (Å²) in [4.78, 5) is 3.73. The standard InChI is InChI=1S/C50H29N5/c1-52-34-25-27-40-39-16-2-6-18-43(39)54(49(40)29-34)36-26-24-33(31-51)42(30-36)32-12-10-13-35(28-32)53-46-21-9-5-17-41(46)50-47(53)22-11-23-48(50)55-44-19-7-3-14-37(44)38-15-4-8-20-45(38)55/h2-30H. The van der Waals surface area contributed by atoms with Gasteiger partial charge in [0.2, 0.25) is 0 Å². The van der Waals surface area contributed by atoms with Gasteiger partial charge in [-0.15, -0.1) is 0 Å². The molecule has 0 atom stereocenters. The summed E-state index contributed by atoms with van der Waals surface area (Å²) >= 11 is 0. The van der Waals surface area contributed by atoms with Gasteiger partial charge in [0.05, 0.1) is 51.5 Å². The average Bonchev–Trinajstić information content (AvgIpc) is 3.89. The molecular weight excluding hydrogens is 671 g/mol. The number of rotatable bonds is 4. The lowest BCUT2D eigenvalue weighted by Crippen LogP contribution is -1.98. The monoisotopic (exact) mass is 699 g/mol. The molecule has 0 bridgehead atoms. The lowest BCUT2D eigenvalue weighted by Gasteiger charge is -2.14. The van der Waals surface area contributed by atoms with Crippen molar-refractivity contribution in [2.24, 2.45) is 0 Å². The Morgan fingerprint density at radius 1 is 0.436 bits per heavy atom. The Morgan fingerprint density at radius 3 is 1.65 bits per heavy atom. The minimum Gasteiger partial charge on any atom is -0.310 e. The van der Waals surface area contributed by atoms with E-state index in [-0.39, 0.29) is 0 Å². The highest BCUT2D eigenvalue weighted by Crippen LogP contribution is 2.41. The van der Waals surface area contributed by atoms with Crippen LogP contribution in [0.2, 0.25) is 0 Å². The van der Waals surface area contributed by atoms with Crippen molar-refractivity contribution in [1.29, 1.82) is 5.26 Å². The van der Waals surface area contributed by atoms with E-state index < -0.39 is 0 Å². The van der Waals surface area contributed by atoms with Crippen molar-refractivity contribution < 1.29 is 0 Å². The Hall–Kier alpha value is -7.86. The molecule has 11 rings (SSSR count). The van der Waals surface area contributed by atoms with E-state index in [0.29, 0.717) is 11.3 Å². The molecule has 3 aromatic heterocycles. The summed E-state index contributed by atoms with van der Waals surface area (Å²) in [5, 5.41) is 17.4. The average molecular weight is 700 g/mol. The van der Waals surface area contributed by atoms with Gasteiger partial charge in [0.1, 0.15) is 0 Å². The normalized spacial score (nSPS) is 11.6. The van der Waals surface area contributed by atoms with Crippen LogP contribution in [0.25, 0.3) is 98.5 Å². The third kappa shape index (κ3) is 4.45. The molecule has 0 aliphatic carbocycles. The highest BCUT2D eigenvalue weighted by atomic mass is 15.0. The maximum atomic E-state index is 10.4. The van der Waals surface area contributed by atoms with Crippen molar-refractivity contribution in [2.45, 2.75) is 0 Å². The van der Waals surface area contributed by atoms with Gasteiger partial charge in [-0.2, -0.15) is 5.26 Å². The Morgan fingerprint density at radius 2 is 0.982 bits per heavy atom. The molecule has 8 aromatic carbocycles. The Labute approximate surface area is 316 Å². The highest BCUT2D eigenvalue weighted by molar-refractivity contribution is 6.16. The van der Waals surface area contributed by atoms with Crippen molar-refractivity contribution in [2.75, 3.05) is 0 Å². The summed E-state index contributed by atoms with van der Waals surface area (Å²) < 4.78 is 6.96. The minimum atomic E-state index is 0.589. The van der Waals surface area contributed by atoms with E-state index in [2.05, 4.69) is 158 Å². The van der Waals surface area contributed by atoms with Gasteiger partial charge in [0.15, 0.2) is 5.69 Å². The van der Waals surface area contributed by atoms with Gasteiger partial charge >= 0.3 is 0 Å². The number of hydrogen-bond acceptors (Lipinski definition) is 1. The fourth-order valence-electron chi connectivity index (χ4n) is 8.77. The van der Waals surface area contributed by atoms with Gasteiger partial charge in [-0.3, -0.25) is 0 Å². The molecule has 5 heteroatoms. The molecule has 0 N–H and O–H groups in total. The quantitative estimate of drug-likeness (QED) is 0.169. The summed E-state index contributed by atoms with van der Waals surface area (Å²) in [6.45, 7) is 7.70. The molecule has 3 heterocycles. The van der Waals surface area contributed by atoms with Gasteiger partial charge in [0, 0.05) is 54.8 Å². The summed E-state index contributed by atoms with van der Waals surface area (Å²) in [5.41, 5.74) is 12.6. The topological polar surface area (TPSA) is 42.9 Å². The van der Waals surface area contributed by atoms with Crippen LogP contribution >= 0.6 is 0 Å². The zero-order valence-electron chi connectivity index (χ0n) is 29.5. The van der Waals surface area contributed by atoms with E-state index in [9.17, 15) is 5.26 Å². The number of para-hydroxylation sites is 4. The number of aromatic nitrogens is 3. The van der Waals surface area contributed by atoms with Crippen LogP contribution in [0.3, 0.4) is 0 Å².